The maximum Gasteiger partial charge on any atom is 0.190 e. The van der Waals surface area contributed by atoms with E-state index in [2.05, 4.69) is 9.97 Å². The van der Waals surface area contributed by atoms with Crippen LogP contribution in [0, 0.1) is 5.41 Å². The van der Waals surface area contributed by atoms with Gasteiger partial charge in [0.25, 0.3) is 0 Å². The van der Waals surface area contributed by atoms with Gasteiger partial charge in [0.05, 0.1) is 0 Å². The summed E-state index contributed by atoms with van der Waals surface area (Å²) in [5, 5.41) is -0.00296. The molecule has 0 aliphatic carbocycles. The van der Waals surface area contributed by atoms with E-state index in [0.29, 0.717) is 0 Å². The average Bonchev–Trinajstić information content (AvgIpc) is 2.08. The number of Topliss-reactive ketones (excluding diaryl/α,β-unsaturated/α-hetero) is 1. The van der Waals surface area contributed by atoms with E-state index in [4.69, 9.17) is 23.1 Å². The van der Waals surface area contributed by atoms with Crippen molar-refractivity contribution >= 4 is 29.0 Å². The summed E-state index contributed by atoms with van der Waals surface area (Å²) >= 11 is 5.67. The van der Waals surface area contributed by atoms with Crippen LogP contribution in [0.2, 0.25) is 5.15 Å². The van der Waals surface area contributed by atoms with Gasteiger partial charge in [-0.3, -0.25) is 4.79 Å². The van der Waals surface area contributed by atoms with Gasteiger partial charge in [-0.25, -0.2) is 9.97 Å². The van der Waals surface area contributed by atoms with Crippen molar-refractivity contribution in [2.45, 2.75) is 20.8 Å². The van der Waals surface area contributed by atoms with Gasteiger partial charge in [0, 0.05) is 5.41 Å². The zero-order valence-electron chi connectivity index (χ0n) is 8.84. The highest BCUT2D eigenvalue weighted by atomic mass is 35.5. The molecule has 0 atom stereocenters. The highest BCUT2D eigenvalue weighted by molar-refractivity contribution is 6.31. The summed E-state index contributed by atoms with van der Waals surface area (Å²) in [7, 11) is 0. The molecule has 1 heterocycles. The first-order valence-corrected chi connectivity index (χ1v) is 4.74. The van der Waals surface area contributed by atoms with Gasteiger partial charge in [-0.2, -0.15) is 0 Å². The smallest absolute Gasteiger partial charge is 0.190 e. The van der Waals surface area contributed by atoms with E-state index in [1.807, 2.05) is 0 Å². The third-order valence-corrected chi connectivity index (χ3v) is 2.08. The Bertz CT molecular complexity index is 411. The van der Waals surface area contributed by atoms with E-state index in [9.17, 15) is 4.79 Å². The van der Waals surface area contributed by atoms with Crippen molar-refractivity contribution in [2.24, 2.45) is 5.41 Å². The summed E-state index contributed by atoms with van der Waals surface area (Å²) in [5.41, 5.74) is 10.4. The SMILES string of the molecule is CC(C)(C)C(=O)c1nc(Cl)c(N)nc1N. The van der Waals surface area contributed by atoms with Crippen molar-refractivity contribution in [1.82, 2.24) is 9.97 Å². The van der Waals surface area contributed by atoms with Crippen LogP contribution in [0.4, 0.5) is 11.6 Å². The number of rotatable bonds is 1. The molecule has 0 spiro atoms. The average molecular weight is 229 g/mol. The molecule has 0 saturated carbocycles. The van der Waals surface area contributed by atoms with Crippen LogP contribution in [0.3, 0.4) is 0 Å². The summed E-state index contributed by atoms with van der Waals surface area (Å²) in [4.78, 5) is 19.5. The van der Waals surface area contributed by atoms with Gasteiger partial charge in [0.1, 0.15) is 0 Å². The summed E-state index contributed by atoms with van der Waals surface area (Å²) < 4.78 is 0. The minimum absolute atomic E-state index is 0.00296. The molecule has 0 radical (unpaired) electrons. The minimum atomic E-state index is -0.581. The lowest BCUT2D eigenvalue weighted by Gasteiger charge is -2.16. The van der Waals surface area contributed by atoms with Gasteiger partial charge >= 0.3 is 0 Å². The van der Waals surface area contributed by atoms with E-state index < -0.39 is 5.41 Å². The maximum atomic E-state index is 11.9. The standard InChI is InChI=1S/C9H13ClN4O/c1-9(2,3)5(15)4-7(11)14-8(12)6(10)13-4/h1-3H3,(H4,11,12,14). The van der Waals surface area contributed by atoms with Crippen molar-refractivity contribution < 1.29 is 4.79 Å². The third-order valence-electron chi connectivity index (χ3n) is 1.80. The Morgan fingerprint density at radius 1 is 1.20 bits per heavy atom. The van der Waals surface area contributed by atoms with Crippen molar-refractivity contribution in [2.75, 3.05) is 11.5 Å². The van der Waals surface area contributed by atoms with Crippen LogP contribution in [-0.4, -0.2) is 15.8 Å². The van der Waals surface area contributed by atoms with Gasteiger partial charge in [-0.1, -0.05) is 32.4 Å². The molecule has 0 aliphatic heterocycles. The Kier molecular flexibility index (Phi) is 2.86. The molecule has 0 unspecified atom stereocenters. The lowest BCUT2D eigenvalue weighted by atomic mass is 9.89. The molecule has 15 heavy (non-hydrogen) atoms. The molecular weight excluding hydrogens is 216 g/mol. The van der Waals surface area contributed by atoms with Crippen molar-refractivity contribution in [3.63, 3.8) is 0 Å². The second-order valence-corrected chi connectivity index (χ2v) is 4.57. The van der Waals surface area contributed by atoms with Crippen LogP contribution in [0.25, 0.3) is 0 Å². The van der Waals surface area contributed by atoms with Gasteiger partial charge in [-0.05, 0) is 0 Å². The largest absolute Gasteiger partial charge is 0.382 e. The Balaban J connectivity index is 3.28. The molecule has 1 aromatic rings. The number of aromatic nitrogens is 2. The van der Waals surface area contributed by atoms with Crippen LogP contribution < -0.4 is 11.5 Å². The molecule has 0 saturated heterocycles. The van der Waals surface area contributed by atoms with Crippen LogP contribution in [0.15, 0.2) is 0 Å². The zero-order chi connectivity index (χ0) is 11.8. The monoisotopic (exact) mass is 228 g/mol. The number of hydrogen-bond donors (Lipinski definition) is 2. The van der Waals surface area contributed by atoms with E-state index in [1.165, 1.54) is 0 Å². The lowest BCUT2D eigenvalue weighted by Crippen LogP contribution is -2.23. The molecule has 0 aromatic carbocycles. The minimum Gasteiger partial charge on any atom is -0.382 e. The van der Waals surface area contributed by atoms with Gasteiger partial charge in [0.2, 0.25) is 0 Å². The van der Waals surface area contributed by atoms with Crippen molar-refractivity contribution in [3.8, 4) is 0 Å². The number of nitrogen functional groups attached to an aromatic ring is 2. The molecule has 82 valence electrons. The number of ketones is 1. The second-order valence-electron chi connectivity index (χ2n) is 4.21. The van der Waals surface area contributed by atoms with Crippen molar-refractivity contribution in [1.29, 1.82) is 0 Å². The Hall–Kier alpha value is -1.36. The molecule has 0 aliphatic rings. The fraction of sp³-hybridized carbons (Fsp3) is 0.444. The predicted molar refractivity (Wildman–Crippen MR) is 59.7 cm³/mol. The van der Waals surface area contributed by atoms with E-state index >= 15 is 0 Å². The molecule has 5 nitrogen and oxygen atoms in total. The molecule has 4 N–H and O–H groups in total. The van der Waals surface area contributed by atoms with Crippen LogP contribution in [0.5, 0.6) is 0 Å². The first kappa shape index (κ1) is 11.7. The van der Waals surface area contributed by atoms with Crippen LogP contribution >= 0.6 is 11.6 Å². The van der Waals surface area contributed by atoms with E-state index in [-0.39, 0.29) is 28.3 Å². The molecule has 0 bridgehead atoms. The summed E-state index contributed by atoms with van der Waals surface area (Å²) in [6.45, 7) is 5.29. The molecule has 0 fully saturated rings. The van der Waals surface area contributed by atoms with E-state index in [0.717, 1.165) is 0 Å². The van der Waals surface area contributed by atoms with Crippen LogP contribution in [-0.2, 0) is 0 Å². The van der Waals surface area contributed by atoms with Crippen molar-refractivity contribution in [3.05, 3.63) is 10.8 Å². The molecule has 0 amide bonds. The van der Waals surface area contributed by atoms with E-state index in [1.54, 1.807) is 20.8 Å². The molecule has 6 heteroatoms. The Labute approximate surface area is 92.8 Å². The summed E-state index contributed by atoms with van der Waals surface area (Å²) in [5.74, 6) is -0.175. The molecule has 1 aromatic heterocycles. The Morgan fingerprint density at radius 3 is 2.20 bits per heavy atom. The normalized spacial score (nSPS) is 11.5. The number of halogens is 1. The van der Waals surface area contributed by atoms with Gasteiger partial charge < -0.3 is 11.5 Å². The zero-order valence-corrected chi connectivity index (χ0v) is 9.59. The summed E-state index contributed by atoms with van der Waals surface area (Å²) in [6.07, 6.45) is 0. The predicted octanol–water partition coefficient (Wildman–Crippen LogP) is 1.52. The topological polar surface area (TPSA) is 94.9 Å². The summed E-state index contributed by atoms with van der Waals surface area (Å²) in [6, 6.07) is 0. The highest BCUT2D eigenvalue weighted by Gasteiger charge is 2.27. The Morgan fingerprint density at radius 2 is 1.73 bits per heavy atom. The number of hydrogen-bond acceptors (Lipinski definition) is 5. The number of anilines is 2. The van der Waals surface area contributed by atoms with Crippen LogP contribution in [0.1, 0.15) is 31.3 Å². The molecule has 1 rings (SSSR count). The number of carbonyl (C=O) groups excluding carboxylic acids is 1. The van der Waals surface area contributed by atoms with Gasteiger partial charge in [-0.15, -0.1) is 0 Å². The lowest BCUT2D eigenvalue weighted by molar-refractivity contribution is 0.0853. The molecular formula is C9H13ClN4O. The fourth-order valence-electron chi connectivity index (χ4n) is 0.964. The number of carbonyl (C=O) groups is 1. The highest BCUT2D eigenvalue weighted by Crippen LogP contribution is 2.25. The van der Waals surface area contributed by atoms with Gasteiger partial charge in [0.15, 0.2) is 28.3 Å². The fourth-order valence-corrected chi connectivity index (χ4v) is 1.09. The first-order chi connectivity index (χ1) is 6.73. The quantitative estimate of drug-likeness (QED) is 0.711. The first-order valence-electron chi connectivity index (χ1n) is 4.36. The third kappa shape index (κ3) is 2.36. The maximum absolute atomic E-state index is 11.9. The second kappa shape index (κ2) is 3.66. The number of nitrogens with zero attached hydrogens (tertiary/aromatic N) is 2. The number of nitrogens with two attached hydrogens (primary N) is 2.